The number of thiophene rings is 2. The Labute approximate surface area is 130 Å². The number of rotatable bonds is 3. The largest absolute Gasteiger partial charge is 0.218 e. The lowest BCUT2D eigenvalue weighted by Gasteiger charge is -2.04. The summed E-state index contributed by atoms with van der Waals surface area (Å²) in [6, 6.07) is 4.29. The first-order chi connectivity index (χ1) is 9.67. The molecule has 3 heterocycles. The highest BCUT2D eigenvalue weighted by atomic mass is 32.2. The van der Waals surface area contributed by atoms with E-state index >= 15 is 0 Å². The van der Waals surface area contributed by atoms with Gasteiger partial charge < -0.3 is 0 Å². The Hall–Kier alpha value is -1.24. The molecule has 0 aliphatic carbocycles. The fraction of sp³-hybridized carbons (Fsp3) is 0.214. The molecule has 0 N–H and O–H groups in total. The molecule has 0 saturated heterocycles. The fourth-order valence-electron chi connectivity index (χ4n) is 1.85. The molecule has 0 aliphatic rings. The van der Waals surface area contributed by atoms with Crippen LogP contribution in [0.4, 0.5) is 0 Å². The molecule has 0 bridgehead atoms. The summed E-state index contributed by atoms with van der Waals surface area (Å²) in [7, 11) is 0. The van der Waals surface area contributed by atoms with Gasteiger partial charge in [-0.05, 0) is 54.1 Å². The second kappa shape index (κ2) is 5.63. The summed E-state index contributed by atoms with van der Waals surface area (Å²) in [4.78, 5) is 6.94. The van der Waals surface area contributed by atoms with Crippen molar-refractivity contribution >= 4 is 34.4 Å². The molecule has 0 atom stereocenters. The van der Waals surface area contributed by atoms with Gasteiger partial charge in [0.05, 0.1) is 9.75 Å². The maximum Gasteiger partial charge on any atom is 0.209 e. The molecule has 0 aliphatic heterocycles. The van der Waals surface area contributed by atoms with E-state index < -0.39 is 0 Å². The minimum absolute atomic E-state index is 0.711. The average molecular weight is 319 g/mol. The SMILES string of the molecule is CSc1nnc(-c2cc(C)cs2)c(-c2cc(C)cs2)n1. The van der Waals surface area contributed by atoms with Crippen molar-refractivity contribution in [2.75, 3.05) is 6.26 Å². The summed E-state index contributed by atoms with van der Waals surface area (Å²) >= 11 is 4.91. The van der Waals surface area contributed by atoms with Gasteiger partial charge in [-0.2, -0.15) is 0 Å². The monoisotopic (exact) mass is 319 g/mol. The van der Waals surface area contributed by atoms with E-state index in [4.69, 9.17) is 0 Å². The highest BCUT2D eigenvalue weighted by Crippen LogP contribution is 2.35. The van der Waals surface area contributed by atoms with E-state index in [0.29, 0.717) is 5.16 Å². The lowest BCUT2D eigenvalue weighted by atomic mass is 10.2. The van der Waals surface area contributed by atoms with Crippen LogP contribution in [0.15, 0.2) is 28.0 Å². The van der Waals surface area contributed by atoms with Crippen LogP contribution >= 0.6 is 34.4 Å². The Morgan fingerprint density at radius 2 is 1.50 bits per heavy atom. The van der Waals surface area contributed by atoms with Crippen LogP contribution in [-0.4, -0.2) is 21.4 Å². The Morgan fingerprint density at radius 3 is 2.00 bits per heavy atom. The predicted molar refractivity (Wildman–Crippen MR) is 87.7 cm³/mol. The molecular weight excluding hydrogens is 306 g/mol. The first-order valence-corrected chi connectivity index (χ1v) is 9.05. The zero-order valence-electron chi connectivity index (χ0n) is 11.4. The third-order valence-corrected chi connectivity index (χ3v) is 5.43. The van der Waals surface area contributed by atoms with Crippen molar-refractivity contribution in [3.05, 3.63) is 34.0 Å². The van der Waals surface area contributed by atoms with Gasteiger partial charge in [-0.15, -0.1) is 32.9 Å². The summed E-state index contributed by atoms with van der Waals surface area (Å²) in [5.74, 6) is 0. The third kappa shape index (κ3) is 2.63. The summed E-state index contributed by atoms with van der Waals surface area (Å²) in [6.45, 7) is 4.19. The van der Waals surface area contributed by atoms with Crippen molar-refractivity contribution in [1.29, 1.82) is 0 Å². The Bertz CT molecular complexity index is 746. The van der Waals surface area contributed by atoms with Gasteiger partial charge in [0.25, 0.3) is 0 Å². The van der Waals surface area contributed by atoms with E-state index in [2.05, 4.69) is 51.9 Å². The normalized spacial score (nSPS) is 10.9. The Balaban J connectivity index is 2.18. The minimum atomic E-state index is 0.711. The van der Waals surface area contributed by atoms with E-state index in [-0.39, 0.29) is 0 Å². The number of nitrogens with zero attached hydrogens (tertiary/aromatic N) is 3. The lowest BCUT2D eigenvalue weighted by molar-refractivity contribution is 0.854. The molecule has 0 spiro atoms. The molecule has 6 heteroatoms. The van der Waals surface area contributed by atoms with Crippen LogP contribution in [0.3, 0.4) is 0 Å². The number of aryl methyl sites for hydroxylation is 2. The molecule has 0 unspecified atom stereocenters. The Kier molecular flexibility index (Phi) is 3.87. The molecule has 102 valence electrons. The van der Waals surface area contributed by atoms with Crippen LogP contribution < -0.4 is 0 Å². The summed E-state index contributed by atoms with van der Waals surface area (Å²) in [5.41, 5.74) is 4.31. The molecule has 0 saturated carbocycles. The second-order valence-corrected chi connectivity index (χ2v) is 7.07. The van der Waals surface area contributed by atoms with Gasteiger partial charge in [0.2, 0.25) is 5.16 Å². The van der Waals surface area contributed by atoms with Crippen LogP contribution in [0.2, 0.25) is 0 Å². The lowest BCUT2D eigenvalue weighted by Crippen LogP contribution is -1.96. The van der Waals surface area contributed by atoms with Gasteiger partial charge in [0.15, 0.2) is 0 Å². The highest BCUT2D eigenvalue weighted by molar-refractivity contribution is 7.98. The fourth-order valence-corrected chi connectivity index (χ4v) is 3.92. The van der Waals surface area contributed by atoms with Crippen LogP contribution in [0.25, 0.3) is 21.1 Å². The van der Waals surface area contributed by atoms with Gasteiger partial charge in [-0.3, -0.25) is 0 Å². The first kappa shape index (κ1) is 13.7. The van der Waals surface area contributed by atoms with Gasteiger partial charge in [0, 0.05) is 0 Å². The molecule has 3 aromatic rings. The van der Waals surface area contributed by atoms with Crippen LogP contribution in [0.1, 0.15) is 11.1 Å². The second-order valence-electron chi connectivity index (χ2n) is 4.47. The van der Waals surface area contributed by atoms with E-state index in [0.717, 1.165) is 21.1 Å². The predicted octanol–water partition coefficient (Wildman–Crippen LogP) is 4.67. The van der Waals surface area contributed by atoms with E-state index in [1.54, 1.807) is 22.7 Å². The molecule has 0 aromatic carbocycles. The quantitative estimate of drug-likeness (QED) is 0.658. The summed E-state index contributed by atoms with van der Waals surface area (Å²) < 4.78 is 0. The third-order valence-electron chi connectivity index (χ3n) is 2.78. The smallest absolute Gasteiger partial charge is 0.209 e. The minimum Gasteiger partial charge on any atom is -0.218 e. The Morgan fingerprint density at radius 1 is 0.900 bits per heavy atom. The van der Waals surface area contributed by atoms with E-state index in [9.17, 15) is 0 Å². The molecule has 0 amide bonds. The molecule has 0 radical (unpaired) electrons. The van der Waals surface area contributed by atoms with Crippen molar-refractivity contribution in [3.63, 3.8) is 0 Å². The maximum atomic E-state index is 4.67. The molecule has 3 aromatic heterocycles. The average Bonchev–Trinajstić information content (AvgIpc) is 3.07. The highest BCUT2D eigenvalue weighted by Gasteiger charge is 2.16. The molecule has 3 nitrogen and oxygen atoms in total. The summed E-state index contributed by atoms with van der Waals surface area (Å²) in [6.07, 6.45) is 1.97. The van der Waals surface area contributed by atoms with Crippen molar-refractivity contribution in [3.8, 4) is 21.1 Å². The van der Waals surface area contributed by atoms with Crippen LogP contribution in [-0.2, 0) is 0 Å². The molecule has 3 rings (SSSR count). The maximum absolute atomic E-state index is 4.67. The van der Waals surface area contributed by atoms with Crippen LogP contribution in [0, 0.1) is 13.8 Å². The van der Waals surface area contributed by atoms with E-state index in [1.807, 2.05) is 6.26 Å². The van der Waals surface area contributed by atoms with Crippen LogP contribution in [0.5, 0.6) is 0 Å². The number of thioether (sulfide) groups is 1. The van der Waals surface area contributed by atoms with Gasteiger partial charge in [0.1, 0.15) is 11.4 Å². The number of hydrogen-bond donors (Lipinski definition) is 0. The summed E-state index contributed by atoms with van der Waals surface area (Å²) in [5, 5.41) is 13.6. The number of aromatic nitrogens is 3. The molecule has 20 heavy (non-hydrogen) atoms. The number of hydrogen-bond acceptors (Lipinski definition) is 6. The van der Waals surface area contributed by atoms with Gasteiger partial charge >= 0.3 is 0 Å². The topological polar surface area (TPSA) is 38.7 Å². The molecule has 0 fully saturated rings. The first-order valence-electron chi connectivity index (χ1n) is 6.07. The van der Waals surface area contributed by atoms with Crippen molar-refractivity contribution in [1.82, 2.24) is 15.2 Å². The van der Waals surface area contributed by atoms with E-state index in [1.165, 1.54) is 22.9 Å². The van der Waals surface area contributed by atoms with Crippen molar-refractivity contribution in [2.24, 2.45) is 0 Å². The van der Waals surface area contributed by atoms with Crippen molar-refractivity contribution < 1.29 is 0 Å². The molecular formula is C14H13N3S3. The zero-order valence-corrected chi connectivity index (χ0v) is 13.8. The van der Waals surface area contributed by atoms with Crippen molar-refractivity contribution in [2.45, 2.75) is 19.0 Å². The standard InChI is InChI=1S/C14H13N3S3/c1-8-4-10(19-6-8)12-13(11-5-9(2)7-20-11)16-17-14(15-12)18-3/h4-7H,1-3H3. The van der Waals surface area contributed by atoms with Gasteiger partial charge in [-0.25, -0.2) is 4.98 Å². The zero-order chi connectivity index (χ0) is 14.1. The van der Waals surface area contributed by atoms with Gasteiger partial charge in [-0.1, -0.05) is 11.8 Å².